The minimum atomic E-state index is 0.314. The zero-order valence-electron chi connectivity index (χ0n) is 13.3. The lowest BCUT2D eigenvalue weighted by Crippen LogP contribution is -2.22. The first-order valence-corrected chi connectivity index (χ1v) is 7.59. The molecule has 22 heavy (non-hydrogen) atoms. The minimum absolute atomic E-state index is 0.314. The molecule has 0 spiro atoms. The molecule has 1 aliphatic heterocycles. The van der Waals surface area contributed by atoms with Crippen molar-refractivity contribution in [3.8, 4) is 11.5 Å². The molecule has 1 atom stereocenters. The highest BCUT2D eigenvalue weighted by molar-refractivity contribution is 5.42. The molecule has 0 amide bonds. The zero-order chi connectivity index (χ0) is 15.5. The van der Waals surface area contributed by atoms with Gasteiger partial charge in [-0.25, -0.2) is 0 Å². The van der Waals surface area contributed by atoms with Crippen molar-refractivity contribution in [1.29, 1.82) is 0 Å². The fourth-order valence-corrected chi connectivity index (χ4v) is 3.09. The molecule has 3 rings (SSSR count). The molecule has 5 nitrogen and oxygen atoms in total. The molecule has 0 unspecified atom stereocenters. The highest BCUT2D eigenvalue weighted by atomic mass is 16.5. The maximum absolute atomic E-state index is 5.46. The second-order valence-electron chi connectivity index (χ2n) is 5.69. The number of likely N-dealkylation sites (tertiary alicyclic amines) is 1. The van der Waals surface area contributed by atoms with Crippen LogP contribution in [0.2, 0.25) is 0 Å². The number of rotatable bonds is 5. The van der Waals surface area contributed by atoms with Crippen LogP contribution in [0.25, 0.3) is 0 Å². The van der Waals surface area contributed by atoms with Crippen molar-refractivity contribution in [2.45, 2.75) is 32.4 Å². The molecule has 1 aromatic heterocycles. The Labute approximate surface area is 130 Å². The van der Waals surface area contributed by atoms with Crippen LogP contribution in [0.3, 0.4) is 0 Å². The molecule has 0 aliphatic carbocycles. The molecule has 2 heterocycles. The van der Waals surface area contributed by atoms with Gasteiger partial charge >= 0.3 is 0 Å². The first-order chi connectivity index (χ1) is 10.7. The summed E-state index contributed by atoms with van der Waals surface area (Å²) in [5.41, 5.74) is 2.15. The van der Waals surface area contributed by atoms with E-state index < -0.39 is 0 Å². The first-order valence-electron chi connectivity index (χ1n) is 7.59. The molecule has 0 N–H and O–H groups in total. The fraction of sp³-hybridized carbons (Fsp3) is 0.471. The average molecular weight is 302 g/mol. The van der Waals surface area contributed by atoms with Gasteiger partial charge in [-0.1, -0.05) is 11.2 Å². The highest BCUT2D eigenvalue weighted by Crippen LogP contribution is 2.35. The summed E-state index contributed by atoms with van der Waals surface area (Å²) >= 11 is 0. The van der Waals surface area contributed by atoms with Crippen molar-refractivity contribution in [3.63, 3.8) is 0 Å². The summed E-state index contributed by atoms with van der Waals surface area (Å²) in [5.74, 6) is 2.50. The van der Waals surface area contributed by atoms with E-state index in [1.54, 1.807) is 14.2 Å². The fourth-order valence-electron chi connectivity index (χ4n) is 3.09. The number of aryl methyl sites for hydroxylation is 1. The van der Waals surface area contributed by atoms with Crippen molar-refractivity contribution < 1.29 is 14.0 Å². The number of hydrogen-bond acceptors (Lipinski definition) is 5. The topological polar surface area (TPSA) is 47.7 Å². The number of benzene rings is 1. The summed E-state index contributed by atoms with van der Waals surface area (Å²) in [6, 6.07) is 8.44. The average Bonchev–Trinajstić information content (AvgIpc) is 3.15. The van der Waals surface area contributed by atoms with Crippen LogP contribution >= 0.6 is 0 Å². The third kappa shape index (κ3) is 2.95. The number of nitrogens with zero attached hydrogens (tertiary/aromatic N) is 2. The van der Waals surface area contributed by atoms with Gasteiger partial charge < -0.3 is 14.0 Å². The Morgan fingerprint density at radius 2 is 2.05 bits per heavy atom. The maximum atomic E-state index is 5.46. The van der Waals surface area contributed by atoms with Gasteiger partial charge in [-0.05, 0) is 44.0 Å². The monoisotopic (exact) mass is 302 g/mol. The lowest BCUT2D eigenvalue weighted by Gasteiger charge is -2.22. The van der Waals surface area contributed by atoms with Gasteiger partial charge in [0.25, 0.3) is 0 Å². The third-order valence-corrected chi connectivity index (χ3v) is 4.17. The highest BCUT2D eigenvalue weighted by Gasteiger charge is 2.29. The van der Waals surface area contributed by atoms with Crippen molar-refractivity contribution in [1.82, 2.24) is 10.1 Å². The molecule has 0 radical (unpaired) electrons. The van der Waals surface area contributed by atoms with E-state index in [0.717, 1.165) is 42.5 Å². The van der Waals surface area contributed by atoms with Crippen LogP contribution in [0.1, 0.15) is 35.9 Å². The lowest BCUT2D eigenvalue weighted by atomic mass is 10.1. The van der Waals surface area contributed by atoms with Crippen LogP contribution < -0.4 is 9.47 Å². The molecule has 5 heteroatoms. The molecule has 1 saturated heterocycles. The van der Waals surface area contributed by atoms with E-state index in [0.29, 0.717) is 6.04 Å². The van der Waals surface area contributed by atoms with Crippen LogP contribution in [0.15, 0.2) is 28.8 Å². The predicted octanol–water partition coefficient (Wildman–Crippen LogP) is 3.34. The Morgan fingerprint density at radius 1 is 1.23 bits per heavy atom. The van der Waals surface area contributed by atoms with Gasteiger partial charge in [-0.2, -0.15) is 0 Å². The Morgan fingerprint density at radius 3 is 2.73 bits per heavy atom. The summed E-state index contributed by atoms with van der Waals surface area (Å²) in [4.78, 5) is 2.43. The van der Waals surface area contributed by atoms with Crippen molar-refractivity contribution >= 4 is 0 Å². The van der Waals surface area contributed by atoms with Crippen molar-refractivity contribution in [3.05, 3.63) is 41.3 Å². The van der Waals surface area contributed by atoms with Crippen LogP contribution in [0.4, 0.5) is 0 Å². The third-order valence-electron chi connectivity index (χ3n) is 4.17. The second kappa shape index (κ2) is 6.40. The van der Waals surface area contributed by atoms with Crippen LogP contribution in [0, 0.1) is 6.92 Å². The Bertz CT molecular complexity index is 639. The van der Waals surface area contributed by atoms with Gasteiger partial charge in [0.1, 0.15) is 0 Å². The predicted molar refractivity (Wildman–Crippen MR) is 83.2 cm³/mol. The van der Waals surface area contributed by atoms with E-state index in [4.69, 9.17) is 14.0 Å². The van der Waals surface area contributed by atoms with Gasteiger partial charge in [0.05, 0.1) is 26.0 Å². The van der Waals surface area contributed by atoms with Crippen LogP contribution in [0.5, 0.6) is 11.5 Å². The number of aromatic nitrogens is 1. The van der Waals surface area contributed by atoms with Gasteiger partial charge in [-0.3, -0.25) is 4.90 Å². The van der Waals surface area contributed by atoms with Gasteiger partial charge in [-0.15, -0.1) is 0 Å². The maximum Gasteiger partial charge on any atom is 0.161 e. The van der Waals surface area contributed by atoms with Crippen molar-refractivity contribution in [2.24, 2.45) is 0 Å². The molecule has 0 bridgehead atoms. The summed E-state index contributed by atoms with van der Waals surface area (Å²) in [6.45, 7) is 3.89. The quantitative estimate of drug-likeness (QED) is 0.848. The molecular weight excluding hydrogens is 280 g/mol. The van der Waals surface area contributed by atoms with Crippen LogP contribution in [-0.2, 0) is 6.54 Å². The standard InChI is InChI=1S/C17H22N2O3/c1-12-9-16(22-18-12)14-5-4-8-19(14)11-13-6-7-15(20-2)17(10-13)21-3/h6-7,9-10,14H,4-5,8,11H2,1-3H3/t14-/m0/s1. The number of hydrogen-bond donors (Lipinski definition) is 0. The lowest BCUT2D eigenvalue weighted by molar-refractivity contribution is 0.206. The van der Waals surface area contributed by atoms with Gasteiger partial charge in [0, 0.05) is 12.6 Å². The summed E-state index contributed by atoms with van der Waals surface area (Å²) in [6.07, 6.45) is 2.29. The van der Waals surface area contributed by atoms with Gasteiger partial charge in [0.15, 0.2) is 17.3 Å². The molecule has 1 aromatic carbocycles. The summed E-state index contributed by atoms with van der Waals surface area (Å²) in [5, 5.41) is 4.01. The first kappa shape index (κ1) is 14.9. The molecule has 1 fully saturated rings. The Hall–Kier alpha value is -2.01. The van der Waals surface area contributed by atoms with E-state index in [2.05, 4.69) is 16.1 Å². The summed E-state index contributed by atoms with van der Waals surface area (Å²) in [7, 11) is 3.32. The van der Waals surface area contributed by atoms with E-state index >= 15 is 0 Å². The van der Waals surface area contributed by atoms with E-state index in [1.807, 2.05) is 25.1 Å². The normalized spacial score (nSPS) is 18.6. The molecule has 0 saturated carbocycles. The Balaban J connectivity index is 1.77. The molecular formula is C17H22N2O3. The van der Waals surface area contributed by atoms with Crippen molar-refractivity contribution in [2.75, 3.05) is 20.8 Å². The SMILES string of the molecule is COc1ccc(CN2CCC[C@H]2c2cc(C)no2)cc1OC. The largest absolute Gasteiger partial charge is 0.493 e. The van der Waals surface area contributed by atoms with Crippen LogP contribution in [-0.4, -0.2) is 30.8 Å². The zero-order valence-corrected chi connectivity index (χ0v) is 13.3. The molecule has 118 valence electrons. The van der Waals surface area contributed by atoms with E-state index in [1.165, 1.54) is 12.0 Å². The molecule has 1 aliphatic rings. The van der Waals surface area contributed by atoms with E-state index in [9.17, 15) is 0 Å². The Kier molecular flexibility index (Phi) is 4.34. The second-order valence-corrected chi connectivity index (χ2v) is 5.69. The van der Waals surface area contributed by atoms with Gasteiger partial charge in [0.2, 0.25) is 0 Å². The summed E-state index contributed by atoms with van der Waals surface area (Å²) < 4.78 is 16.1. The number of ether oxygens (including phenoxy) is 2. The minimum Gasteiger partial charge on any atom is -0.493 e. The number of methoxy groups -OCH3 is 2. The smallest absolute Gasteiger partial charge is 0.161 e. The molecule has 2 aromatic rings. The van der Waals surface area contributed by atoms with E-state index in [-0.39, 0.29) is 0 Å².